The van der Waals surface area contributed by atoms with Crippen LogP contribution in [0.3, 0.4) is 0 Å². The molecular formula is C16H23N. The van der Waals surface area contributed by atoms with Gasteiger partial charge in [0.05, 0.1) is 0 Å². The number of likely N-dealkylation sites (tertiary alicyclic amines) is 1. The quantitative estimate of drug-likeness (QED) is 0.749. The van der Waals surface area contributed by atoms with E-state index in [2.05, 4.69) is 49.1 Å². The van der Waals surface area contributed by atoms with E-state index in [4.69, 9.17) is 0 Å². The molecule has 1 saturated carbocycles. The van der Waals surface area contributed by atoms with Gasteiger partial charge in [-0.05, 0) is 35.7 Å². The van der Waals surface area contributed by atoms with Gasteiger partial charge in [-0.1, -0.05) is 44.2 Å². The Morgan fingerprint density at radius 3 is 2.65 bits per heavy atom. The lowest BCUT2D eigenvalue weighted by molar-refractivity contribution is 0.221. The highest BCUT2D eigenvalue weighted by molar-refractivity contribution is 5.15. The predicted molar refractivity (Wildman–Crippen MR) is 71.7 cm³/mol. The first-order chi connectivity index (χ1) is 8.15. The van der Waals surface area contributed by atoms with Crippen LogP contribution in [0, 0.1) is 17.3 Å². The highest BCUT2D eigenvalue weighted by Crippen LogP contribution is 2.50. The molecule has 0 bridgehead atoms. The van der Waals surface area contributed by atoms with Gasteiger partial charge in [-0.3, -0.25) is 4.90 Å². The molecule has 1 aliphatic heterocycles. The monoisotopic (exact) mass is 229 g/mol. The maximum absolute atomic E-state index is 2.66. The van der Waals surface area contributed by atoms with Gasteiger partial charge < -0.3 is 0 Å². The fourth-order valence-corrected chi connectivity index (χ4v) is 3.85. The molecule has 0 N–H and O–H groups in total. The second-order valence-corrected chi connectivity index (χ2v) is 6.57. The molecule has 0 aromatic heterocycles. The topological polar surface area (TPSA) is 3.24 Å². The van der Waals surface area contributed by atoms with E-state index in [0.717, 1.165) is 18.4 Å². The number of nitrogens with zero attached hydrogens (tertiary/aromatic N) is 1. The molecule has 0 amide bonds. The predicted octanol–water partition coefficient (Wildman–Crippen LogP) is 3.55. The lowest BCUT2D eigenvalue weighted by atomic mass is 9.80. The minimum absolute atomic E-state index is 0.579. The first kappa shape index (κ1) is 11.3. The molecule has 1 saturated heterocycles. The van der Waals surface area contributed by atoms with Crippen molar-refractivity contribution in [2.75, 3.05) is 13.1 Å². The van der Waals surface area contributed by atoms with E-state index in [1.54, 1.807) is 0 Å². The molecule has 3 rings (SSSR count). The SMILES string of the molecule is CC1(C)CCC2CN(Cc3ccccc3)CC21. The largest absolute Gasteiger partial charge is 0.298 e. The van der Waals surface area contributed by atoms with Gasteiger partial charge in [0.25, 0.3) is 0 Å². The summed E-state index contributed by atoms with van der Waals surface area (Å²) < 4.78 is 0. The van der Waals surface area contributed by atoms with Crippen molar-refractivity contribution in [3.8, 4) is 0 Å². The van der Waals surface area contributed by atoms with Crippen LogP contribution in [0.2, 0.25) is 0 Å². The third-order valence-electron chi connectivity index (χ3n) is 4.93. The van der Waals surface area contributed by atoms with Gasteiger partial charge in [0.1, 0.15) is 0 Å². The average molecular weight is 229 g/mol. The van der Waals surface area contributed by atoms with Crippen LogP contribution in [0.25, 0.3) is 0 Å². The molecule has 1 aliphatic carbocycles. The molecule has 2 aliphatic rings. The van der Waals surface area contributed by atoms with E-state index >= 15 is 0 Å². The average Bonchev–Trinajstić information content (AvgIpc) is 2.82. The first-order valence-electron chi connectivity index (χ1n) is 6.91. The molecule has 2 atom stereocenters. The van der Waals surface area contributed by atoms with Crippen molar-refractivity contribution in [3.05, 3.63) is 35.9 Å². The van der Waals surface area contributed by atoms with Crippen LogP contribution in [-0.2, 0) is 6.54 Å². The van der Waals surface area contributed by atoms with Crippen molar-refractivity contribution in [1.82, 2.24) is 4.90 Å². The maximum atomic E-state index is 2.66. The molecule has 92 valence electrons. The Labute approximate surface area is 105 Å². The van der Waals surface area contributed by atoms with E-state index in [1.807, 2.05) is 0 Å². The van der Waals surface area contributed by atoms with Crippen LogP contribution in [0.15, 0.2) is 30.3 Å². The van der Waals surface area contributed by atoms with Crippen LogP contribution in [0.1, 0.15) is 32.3 Å². The van der Waals surface area contributed by atoms with Gasteiger partial charge in [-0.25, -0.2) is 0 Å². The van der Waals surface area contributed by atoms with E-state index < -0.39 is 0 Å². The highest BCUT2D eigenvalue weighted by Gasteiger charge is 2.46. The van der Waals surface area contributed by atoms with E-state index in [1.165, 1.54) is 31.5 Å². The second-order valence-electron chi connectivity index (χ2n) is 6.57. The zero-order chi connectivity index (χ0) is 11.9. The van der Waals surface area contributed by atoms with E-state index in [9.17, 15) is 0 Å². The van der Waals surface area contributed by atoms with Gasteiger partial charge >= 0.3 is 0 Å². The smallest absolute Gasteiger partial charge is 0.0233 e. The molecule has 1 heteroatoms. The Kier molecular flexibility index (Phi) is 2.74. The number of benzene rings is 1. The van der Waals surface area contributed by atoms with Crippen LogP contribution in [-0.4, -0.2) is 18.0 Å². The summed E-state index contributed by atoms with van der Waals surface area (Å²) in [6.07, 6.45) is 2.88. The standard InChI is InChI=1S/C16H23N/c1-16(2)9-8-14-11-17(12-15(14)16)10-13-6-4-3-5-7-13/h3-7,14-15H,8-12H2,1-2H3. The lowest BCUT2D eigenvalue weighted by Crippen LogP contribution is -2.26. The van der Waals surface area contributed by atoms with Crippen LogP contribution in [0.4, 0.5) is 0 Å². The number of hydrogen-bond acceptors (Lipinski definition) is 1. The van der Waals surface area contributed by atoms with Gasteiger partial charge in [-0.2, -0.15) is 0 Å². The van der Waals surface area contributed by atoms with Crippen molar-refractivity contribution >= 4 is 0 Å². The fourth-order valence-electron chi connectivity index (χ4n) is 3.85. The van der Waals surface area contributed by atoms with Crippen molar-refractivity contribution in [3.63, 3.8) is 0 Å². The molecule has 1 heterocycles. The zero-order valence-electron chi connectivity index (χ0n) is 11.0. The molecule has 1 aromatic rings. The number of hydrogen-bond donors (Lipinski definition) is 0. The minimum atomic E-state index is 0.579. The van der Waals surface area contributed by atoms with Crippen molar-refractivity contribution < 1.29 is 0 Å². The Hall–Kier alpha value is -0.820. The van der Waals surface area contributed by atoms with E-state index in [-0.39, 0.29) is 0 Å². The molecule has 1 nitrogen and oxygen atoms in total. The summed E-state index contributed by atoms with van der Waals surface area (Å²) in [6, 6.07) is 10.9. The Bertz CT molecular complexity index is 382. The molecule has 0 spiro atoms. The fraction of sp³-hybridized carbons (Fsp3) is 0.625. The zero-order valence-corrected chi connectivity index (χ0v) is 11.0. The summed E-state index contributed by atoms with van der Waals surface area (Å²) in [5.74, 6) is 1.90. The van der Waals surface area contributed by atoms with E-state index in [0.29, 0.717) is 5.41 Å². The molecule has 2 unspecified atom stereocenters. The summed E-state index contributed by atoms with van der Waals surface area (Å²) in [5.41, 5.74) is 2.04. The summed E-state index contributed by atoms with van der Waals surface area (Å²) in [5, 5.41) is 0. The third kappa shape index (κ3) is 2.13. The number of rotatable bonds is 2. The summed E-state index contributed by atoms with van der Waals surface area (Å²) in [4.78, 5) is 2.66. The minimum Gasteiger partial charge on any atom is -0.298 e. The maximum Gasteiger partial charge on any atom is 0.0233 e. The Morgan fingerprint density at radius 1 is 1.18 bits per heavy atom. The Morgan fingerprint density at radius 2 is 1.94 bits per heavy atom. The summed E-state index contributed by atoms with van der Waals surface area (Å²) in [7, 11) is 0. The third-order valence-corrected chi connectivity index (χ3v) is 4.93. The first-order valence-corrected chi connectivity index (χ1v) is 6.91. The Balaban J connectivity index is 1.66. The van der Waals surface area contributed by atoms with Crippen molar-refractivity contribution in [2.45, 2.75) is 33.2 Å². The van der Waals surface area contributed by atoms with Gasteiger partial charge in [0, 0.05) is 19.6 Å². The van der Waals surface area contributed by atoms with Crippen molar-refractivity contribution in [2.24, 2.45) is 17.3 Å². The number of fused-ring (bicyclic) bond motifs is 1. The second kappa shape index (κ2) is 4.13. The normalized spacial score (nSPS) is 31.6. The summed E-state index contributed by atoms with van der Waals surface area (Å²) >= 11 is 0. The molecule has 2 fully saturated rings. The van der Waals surface area contributed by atoms with Gasteiger partial charge in [-0.15, -0.1) is 0 Å². The molecule has 0 radical (unpaired) electrons. The van der Waals surface area contributed by atoms with Gasteiger partial charge in [0.2, 0.25) is 0 Å². The van der Waals surface area contributed by atoms with Crippen LogP contribution >= 0.6 is 0 Å². The molecule has 1 aromatic carbocycles. The highest BCUT2D eigenvalue weighted by atomic mass is 15.2. The van der Waals surface area contributed by atoms with Crippen molar-refractivity contribution in [1.29, 1.82) is 0 Å². The lowest BCUT2D eigenvalue weighted by Gasteiger charge is -2.27. The van der Waals surface area contributed by atoms with Crippen LogP contribution < -0.4 is 0 Å². The van der Waals surface area contributed by atoms with Gasteiger partial charge in [0.15, 0.2) is 0 Å². The molecular weight excluding hydrogens is 206 g/mol. The van der Waals surface area contributed by atoms with Crippen LogP contribution in [0.5, 0.6) is 0 Å². The molecule has 17 heavy (non-hydrogen) atoms. The summed E-state index contributed by atoms with van der Waals surface area (Å²) in [6.45, 7) is 8.70.